The van der Waals surface area contributed by atoms with Crippen LogP contribution >= 0.6 is 0 Å². The van der Waals surface area contributed by atoms with Crippen molar-refractivity contribution >= 4 is 141 Å². The first-order valence-electron chi connectivity index (χ1n) is 21.9. The van der Waals surface area contributed by atoms with Gasteiger partial charge in [-0.25, -0.2) is 4.79 Å². The highest BCUT2D eigenvalue weighted by atomic mass is 32.2. The van der Waals surface area contributed by atoms with Crippen molar-refractivity contribution in [3.63, 3.8) is 0 Å². The van der Waals surface area contributed by atoms with Crippen LogP contribution in [-0.2, 0) is 60.7 Å². The van der Waals surface area contributed by atoms with E-state index in [1.54, 1.807) is 0 Å². The summed E-state index contributed by atoms with van der Waals surface area (Å²) in [5, 5.41) is 27.8. The SMILES string of the molecule is O=C(Nc1ccc2c(c1)C=C(S(=O)(=O)O)/C(=N\Nc1ccc(N=Nc3ccc(S(=O)(=O)O)cc3)cc1S(=O)(=O)O)C2=O)Nc1ccc2c(c1)C(=O)C=C(S(=O)(=O)O)/C2=N\Nc1ccc(N=Nc2ccc(S(=O)(=O)O)cc2)cc1S(=O)(=O)O. The molecule has 0 aromatic heterocycles. The normalized spacial score (nSPS) is 15.2. The van der Waals surface area contributed by atoms with Gasteiger partial charge in [0.25, 0.3) is 60.7 Å². The summed E-state index contributed by atoms with van der Waals surface area (Å²) in [6.45, 7) is 0. The molecule has 0 fully saturated rings. The Morgan fingerprint density at radius 1 is 0.390 bits per heavy atom. The van der Waals surface area contributed by atoms with Gasteiger partial charge in [-0.2, -0.15) is 81.2 Å². The average molecular weight is 1240 g/mol. The molecule has 2 aliphatic rings. The van der Waals surface area contributed by atoms with Gasteiger partial charge < -0.3 is 10.6 Å². The van der Waals surface area contributed by atoms with Gasteiger partial charge in [0.2, 0.25) is 5.78 Å². The Hall–Kier alpha value is -8.99. The van der Waals surface area contributed by atoms with Crippen molar-refractivity contribution in [1.29, 1.82) is 0 Å². The summed E-state index contributed by atoms with van der Waals surface area (Å²) in [5.74, 6) is -2.19. The molecule has 6 aromatic carbocycles. The molecule has 6 aromatic rings. The summed E-state index contributed by atoms with van der Waals surface area (Å²) >= 11 is 0. The van der Waals surface area contributed by atoms with E-state index in [2.05, 4.69) is 52.1 Å². The molecule has 82 heavy (non-hydrogen) atoms. The monoisotopic (exact) mass is 1240 g/mol. The molecular weight excluding hydrogens is 1210 g/mol. The van der Waals surface area contributed by atoms with Crippen molar-refractivity contribution in [2.45, 2.75) is 19.6 Å². The second-order valence-corrected chi connectivity index (χ2v) is 25.0. The van der Waals surface area contributed by atoms with E-state index in [1.165, 1.54) is 6.07 Å². The first-order chi connectivity index (χ1) is 38.1. The second kappa shape index (κ2) is 22.2. The number of carbonyl (C=O) groups is 3. The van der Waals surface area contributed by atoms with Crippen molar-refractivity contribution < 1.29 is 92.2 Å². The third-order valence-electron chi connectivity index (χ3n) is 11.0. The number of anilines is 4. The standard InChI is InChI=1S/C45H32N10O21S6/c56-37-22-41(82(74,75)76)42(54-52-35-15-7-28(20-38(35)79(65,66)67)50-48-24-1-9-30(10-2-24)77(59,60)61)33-14-6-27(19-34(33)37)47-45(58)46-26-5-13-32-23(17-26)18-40(81(71,72)73)43(44(32)57)55-53-36-16-8-29(21-39(36)80(68,69)70)51-49-25-3-11-31(12-4-25)78(62,63)64/h1-22,52-53H,(H2,46,47,58)(H,59,60,61)(H,62,63,64)(H,65,66,67)(H,68,69,70)(H,71,72,73)(H,74,75,76)/b50-48?,51-49?,54-42-,55-43+. The van der Waals surface area contributed by atoms with Gasteiger partial charge in [-0.3, -0.25) is 47.8 Å². The van der Waals surface area contributed by atoms with Crippen LogP contribution in [0.5, 0.6) is 0 Å². The largest absolute Gasteiger partial charge is 0.323 e. The molecule has 0 aliphatic heterocycles. The second-order valence-electron chi connectivity index (χ2n) is 16.6. The molecule has 2 aliphatic carbocycles. The van der Waals surface area contributed by atoms with Crippen LogP contribution in [0.4, 0.5) is 50.3 Å². The lowest BCUT2D eigenvalue weighted by molar-refractivity contribution is 0.104. The van der Waals surface area contributed by atoms with Gasteiger partial charge in [0.05, 0.1) is 43.9 Å². The summed E-state index contributed by atoms with van der Waals surface area (Å²) in [6, 6.07) is 20.3. The number of hydrazone groups is 2. The summed E-state index contributed by atoms with van der Waals surface area (Å²) in [6.07, 6.45) is 1.26. The van der Waals surface area contributed by atoms with Crippen molar-refractivity contribution in [3.8, 4) is 0 Å². The summed E-state index contributed by atoms with van der Waals surface area (Å²) < 4.78 is 204. The van der Waals surface area contributed by atoms with Crippen molar-refractivity contribution in [1.82, 2.24) is 0 Å². The van der Waals surface area contributed by atoms with Crippen LogP contribution in [0, 0.1) is 0 Å². The molecule has 37 heteroatoms. The Morgan fingerprint density at radius 2 is 0.793 bits per heavy atom. The van der Waals surface area contributed by atoms with E-state index in [9.17, 15) is 87.7 Å². The first kappa shape index (κ1) is 59.1. The Labute approximate surface area is 462 Å². The van der Waals surface area contributed by atoms with Crippen LogP contribution in [0.2, 0.25) is 0 Å². The molecule has 0 radical (unpaired) electrons. The van der Waals surface area contributed by atoms with E-state index in [4.69, 9.17) is 4.55 Å². The Bertz CT molecular complexity index is 4660. The van der Waals surface area contributed by atoms with Crippen molar-refractivity contribution in [3.05, 3.63) is 159 Å². The molecule has 0 heterocycles. The molecule has 10 N–H and O–H groups in total. The Kier molecular flexibility index (Phi) is 16.0. The van der Waals surface area contributed by atoms with Gasteiger partial charge in [0.15, 0.2) is 11.5 Å². The Balaban J connectivity index is 1.00. The fraction of sp³-hybridized carbons (Fsp3) is 0. The highest BCUT2D eigenvalue weighted by Gasteiger charge is 2.35. The van der Waals surface area contributed by atoms with Crippen LogP contribution in [-0.4, -0.2) is 107 Å². The van der Waals surface area contributed by atoms with E-state index in [0.717, 1.165) is 121 Å². The zero-order valence-corrected chi connectivity index (χ0v) is 45.0. The summed E-state index contributed by atoms with van der Waals surface area (Å²) in [7, 11) is -29.8. The molecule has 0 unspecified atom stereocenters. The van der Waals surface area contributed by atoms with Crippen LogP contribution in [0.25, 0.3) is 6.08 Å². The number of rotatable bonds is 16. The molecule has 2 amide bonds. The van der Waals surface area contributed by atoms with Crippen molar-refractivity contribution in [2.75, 3.05) is 21.5 Å². The predicted octanol–water partition coefficient (Wildman–Crippen LogP) is 6.83. The molecule has 424 valence electrons. The van der Waals surface area contributed by atoms with Crippen LogP contribution in [0.3, 0.4) is 0 Å². The number of allylic oxidation sites excluding steroid dienone is 3. The highest BCUT2D eigenvalue weighted by Crippen LogP contribution is 2.34. The number of fused-ring (bicyclic) bond motifs is 2. The van der Waals surface area contributed by atoms with Crippen LogP contribution in [0.1, 0.15) is 31.8 Å². The smallest absolute Gasteiger partial charge is 0.308 e. The van der Waals surface area contributed by atoms with E-state index >= 15 is 0 Å². The Morgan fingerprint density at radius 3 is 1.23 bits per heavy atom. The van der Waals surface area contributed by atoms with Crippen LogP contribution < -0.4 is 21.5 Å². The fourth-order valence-corrected chi connectivity index (χ4v) is 10.9. The maximum absolute atomic E-state index is 13.7. The first-order valence-corrected chi connectivity index (χ1v) is 30.5. The highest BCUT2D eigenvalue weighted by molar-refractivity contribution is 7.91. The van der Waals surface area contributed by atoms with Gasteiger partial charge in [-0.1, -0.05) is 0 Å². The van der Waals surface area contributed by atoms with Crippen molar-refractivity contribution in [2.24, 2.45) is 30.7 Å². The summed E-state index contributed by atoms with van der Waals surface area (Å²) in [4.78, 5) is 35.5. The van der Waals surface area contributed by atoms with Gasteiger partial charge >= 0.3 is 6.03 Å². The van der Waals surface area contributed by atoms with Gasteiger partial charge in [-0.15, -0.1) is 0 Å². The van der Waals surface area contributed by atoms with Gasteiger partial charge in [0, 0.05) is 34.1 Å². The third kappa shape index (κ3) is 13.8. The molecule has 0 atom stereocenters. The number of Topliss-reactive ketones (excluding diaryl/α,β-unsaturated/α-hetero) is 1. The molecular formula is C45H32N10O21S6. The number of nitrogens with one attached hydrogen (secondary N) is 4. The fourth-order valence-electron chi connectivity index (χ4n) is 7.34. The maximum Gasteiger partial charge on any atom is 0.323 e. The number of benzene rings is 6. The number of carbonyl (C=O) groups excluding carboxylic acids is 3. The van der Waals surface area contributed by atoms with E-state index in [0.29, 0.717) is 6.08 Å². The molecule has 0 saturated carbocycles. The van der Waals surface area contributed by atoms with E-state index in [1.807, 2.05) is 0 Å². The molecule has 31 nitrogen and oxygen atoms in total. The topological polar surface area (TPSA) is 500 Å². The minimum atomic E-state index is -5.31. The average Bonchev–Trinajstić information content (AvgIpc) is 2.22. The van der Waals surface area contributed by atoms with Gasteiger partial charge in [0.1, 0.15) is 25.3 Å². The number of urea groups is 1. The molecule has 0 saturated heterocycles. The number of nitrogens with zero attached hydrogens (tertiary/aromatic N) is 6. The minimum absolute atomic E-state index is 0.0523. The molecule has 8 rings (SSSR count). The number of amides is 2. The third-order valence-corrected chi connectivity index (χ3v) is 16.3. The van der Waals surface area contributed by atoms with E-state index in [-0.39, 0.29) is 56.4 Å². The van der Waals surface area contributed by atoms with Crippen LogP contribution in [0.15, 0.2) is 187 Å². The van der Waals surface area contributed by atoms with E-state index < -0.39 is 130 Å². The molecule has 0 bridgehead atoms. The molecule has 0 spiro atoms. The summed E-state index contributed by atoms with van der Waals surface area (Å²) in [5.41, 5.74) is 0.163. The lowest BCUT2D eigenvalue weighted by Crippen LogP contribution is -2.27. The maximum atomic E-state index is 13.7. The predicted molar refractivity (Wildman–Crippen MR) is 288 cm³/mol. The number of hydrogen-bond donors (Lipinski definition) is 10. The lowest BCUT2D eigenvalue weighted by Gasteiger charge is -2.19. The minimum Gasteiger partial charge on any atom is -0.308 e. The zero-order valence-electron chi connectivity index (χ0n) is 40.1. The number of ketones is 2. The zero-order chi connectivity index (χ0) is 59.9. The number of hydrogen-bond acceptors (Lipinski definition) is 23. The van der Waals surface area contributed by atoms with Gasteiger partial charge in [-0.05, 0) is 133 Å². The number of azo groups is 2. The lowest BCUT2D eigenvalue weighted by atomic mass is 9.93. The quantitative estimate of drug-likeness (QED) is 0.0270.